The molecule has 0 spiro atoms. The summed E-state index contributed by atoms with van der Waals surface area (Å²) in [5, 5.41) is 3.56. The van der Waals surface area contributed by atoms with E-state index in [0.717, 1.165) is 23.2 Å². The summed E-state index contributed by atoms with van der Waals surface area (Å²) in [6.45, 7) is 1.78. The van der Waals surface area contributed by atoms with E-state index in [4.69, 9.17) is 4.74 Å². The van der Waals surface area contributed by atoms with E-state index in [-0.39, 0.29) is 0 Å². The molecule has 132 valence electrons. The van der Waals surface area contributed by atoms with Crippen LogP contribution in [0.25, 0.3) is 0 Å². The molecule has 0 saturated carbocycles. The highest BCUT2D eigenvalue weighted by Gasteiger charge is 2.38. The van der Waals surface area contributed by atoms with E-state index >= 15 is 0 Å². The normalized spacial score (nSPS) is 17.3. The maximum atomic E-state index is 6.81. The third-order valence-corrected chi connectivity index (χ3v) is 5.20. The van der Waals surface area contributed by atoms with E-state index < -0.39 is 5.60 Å². The zero-order valence-electron chi connectivity index (χ0n) is 15.0. The Hall–Kier alpha value is -2.42. The van der Waals surface area contributed by atoms with Crippen molar-refractivity contribution in [2.45, 2.75) is 24.5 Å². The zero-order valence-corrected chi connectivity index (χ0v) is 15.0. The molecule has 0 radical (unpaired) electrons. The second-order valence-corrected chi connectivity index (χ2v) is 6.88. The lowest BCUT2D eigenvalue weighted by Gasteiger charge is -2.36. The van der Waals surface area contributed by atoms with Crippen LogP contribution in [0.2, 0.25) is 0 Å². The molecule has 1 N–H and O–H groups in total. The minimum atomic E-state index is -0.603. The third kappa shape index (κ3) is 3.31. The van der Waals surface area contributed by atoms with Gasteiger partial charge in [0, 0.05) is 6.04 Å². The Morgan fingerprint density at radius 2 is 1.19 bits per heavy atom. The molecule has 1 fully saturated rings. The van der Waals surface area contributed by atoms with E-state index in [1.807, 2.05) is 0 Å². The summed E-state index contributed by atoms with van der Waals surface area (Å²) in [5.74, 6) is 0. The molecule has 0 amide bonds. The molecule has 1 aliphatic heterocycles. The van der Waals surface area contributed by atoms with Crippen LogP contribution in [0.1, 0.15) is 29.5 Å². The molecule has 2 heteroatoms. The minimum Gasteiger partial charge on any atom is -0.359 e. The van der Waals surface area contributed by atoms with Gasteiger partial charge in [-0.15, -0.1) is 0 Å². The summed E-state index contributed by atoms with van der Waals surface area (Å²) in [6.07, 6.45) is 2.40. The molecule has 2 nitrogen and oxygen atoms in total. The first kappa shape index (κ1) is 17.0. The van der Waals surface area contributed by atoms with Crippen molar-refractivity contribution >= 4 is 0 Å². The third-order valence-electron chi connectivity index (χ3n) is 5.20. The van der Waals surface area contributed by atoms with Crippen LogP contribution in [0, 0.1) is 0 Å². The Labute approximate surface area is 155 Å². The van der Waals surface area contributed by atoms with Crippen LogP contribution >= 0.6 is 0 Å². The van der Waals surface area contributed by atoms with Crippen molar-refractivity contribution in [3.05, 3.63) is 108 Å². The van der Waals surface area contributed by atoms with Gasteiger partial charge >= 0.3 is 0 Å². The molecule has 4 rings (SSSR count). The maximum Gasteiger partial charge on any atom is 0.143 e. The van der Waals surface area contributed by atoms with Crippen LogP contribution in [0.4, 0.5) is 0 Å². The molecule has 26 heavy (non-hydrogen) atoms. The molecule has 1 unspecified atom stereocenters. The summed E-state index contributed by atoms with van der Waals surface area (Å²) in [4.78, 5) is 0. The average molecular weight is 343 g/mol. The summed E-state index contributed by atoms with van der Waals surface area (Å²) in [5.41, 5.74) is 2.88. The molecule has 1 atom stereocenters. The molecule has 0 aromatic heterocycles. The minimum absolute atomic E-state index is 0.422. The van der Waals surface area contributed by atoms with E-state index in [9.17, 15) is 0 Å². The lowest BCUT2D eigenvalue weighted by molar-refractivity contribution is 0.00257. The SMILES string of the molecule is c1ccc(C(OCC2CCCN2)(c2ccccc2)c2ccccc2)cc1. The van der Waals surface area contributed by atoms with Gasteiger partial charge in [-0.1, -0.05) is 91.0 Å². The largest absolute Gasteiger partial charge is 0.359 e. The van der Waals surface area contributed by atoms with Gasteiger partial charge in [-0.3, -0.25) is 0 Å². The molecular weight excluding hydrogens is 318 g/mol. The summed E-state index contributed by atoms with van der Waals surface area (Å²) in [7, 11) is 0. The standard InChI is InChI=1S/C24H25NO/c1-4-11-20(12-5-1)24(21-13-6-2-7-14-21,22-15-8-3-9-16-22)26-19-23-17-10-18-25-23/h1-9,11-16,23,25H,10,17-19H2. The van der Waals surface area contributed by atoms with E-state index in [0.29, 0.717) is 12.6 Å². The monoisotopic (exact) mass is 343 g/mol. The highest BCUT2D eigenvalue weighted by Crippen LogP contribution is 2.40. The topological polar surface area (TPSA) is 21.3 Å². The van der Waals surface area contributed by atoms with E-state index in [2.05, 4.69) is 96.3 Å². The Bertz CT molecular complexity index is 699. The fourth-order valence-electron chi connectivity index (χ4n) is 3.89. The average Bonchev–Trinajstić information content (AvgIpc) is 3.25. The van der Waals surface area contributed by atoms with Crippen molar-refractivity contribution in [2.75, 3.05) is 13.2 Å². The number of rotatable bonds is 6. The van der Waals surface area contributed by atoms with Crippen LogP contribution in [0.15, 0.2) is 91.0 Å². The van der Waals surface area contributed by atoms with Crippen LogP contribution in [-0.4, -0.2) is 19.2 Å². The number of benzene rings is 3. The van der Waals surface area contributed by atoms with Crippen molar-refractivity contribution in [1.82, 2.24) is 5.32 Å². The quantitative estimate of drug-likeness (QED) is 0.652. The van der Waals surface area contributed by atoms with Gasteiger partial charge in [0.2, 0.25) is 0 Å². The Morgan fingerprint density at radius 3 is 1.58 bits per heavy atom. The van der Waals surface area contributed by atoms with Gasteiger partial charge in [0.05, 0.1) is 6.61 Å². The van der Waals surface area contributed by atoms with Gasteiger partial charge in [-0.2, -0.15) is 0 Å². The second kappa shape index (κ2) is 7.86. The molecule has 0 aliphatic carbocycles. The van der Waals surface area contributed by atoms with Gasteiger partial charge in [-0.25, -0.2) is 0 Å². The van der Waals surface area contributed by atoms with Gasteiger partial charge in [0.1, 0.15) is 5.60 Å². The van der Waals surface area contributed by atoms with Gasteiger partial charge in [0.15, 0.2) is 0 Å². The van der Waals surface area contributed by atoms with Crippen molar-refractivity contribution < 1.29 is 4.74 Å². The van der Waals surface area contributed by atoms with Crippen LogP contribution in [-0.2, 0) is 10.3 Å². The lowest BCUT2D eigenvalue weighted by atomic mass is 9.80. The lowest BCUT2D eigenvalue weighted by Crippen LogP contribution is -2.38. The van der Waals surface area contributed by atoms with Crippen molar-refractivity contribution in [3.8, 4) is 0 Å². The predicted molar refractivity (Wildman–Crippen MR) is 106 cm³/mol. The number of ether oxygens (including phenoxy) is 1. The molecular formula is C24H25NO. The number of nitrogens with one attached hydrogen (secondary N) is 1. The van der Waals surface area contributed by atoms with Crippen molar-refractivity contribution in [2.24, 2.45) is 0 Å². The molecule has 3 aromatic rings. The van der Waals surface area contributed by atoms with Gasteiger partial charge in [0.25, 0.3) is 0 Å². The zero-order chi connectivity index (χ0) is 17.7. The smallest absolute Gasteiger partial charge is 0.143 e. The Kier molecular flexibility index (Phi) is 5.14. The first-order valence-electron chi connectivity index (χ1n) is 9.43. The molecule has 3 aromatic carbocycles. The highest BCUT2D eigenvalue weighted by molar-refractivity contribution is 5.47. The molecule has 1 aliphatic rings. The first-order chi connectivity index (χ1) is 12.9. The van der Waals surface area contributed by atoms with Crippen LogP contribution in [0.3, 0.4) is 0 Å². The fraction of sp³-hybridized carbons (Fsp3) is 0.250. The Morgan fingerprint density at radius 1 is 0.731 bits per heavy atom. The highest BCUT2D eigenvalue weighted by atomic mass is 16.5. The number of hydrogen-bond donors (Lipinski definition) is 1. The van der Waals surface area contributed by atoms with Crippen molar-refractivity contribution in [1.29, 1.82) is 0 Å². The molecule has 0 bridgehead atoms. The number of hydrogen-bond acceptors (Lipinski definition) is 2. The summed E-state index contributed by atoms with van der Waals surface area (Å²) < 4.78 is 6.81. The molecule has 1 saturated heterocycles. The second-order valence-electron chi connectivity index (χ2n) is 6.88. The van der Waals surface area contributed by atoms with Crippen LogP contribution in [0.5, 0.6) is 0 Å². The van der Waals surface area contributed by atoms with Crippen LogP contribution < -0.4 is 5.32 Å². The maximum absolute atomic E-state index is 6.81. The molecule has 1 heterocycles. The van der Waals surface area contributed by atoms with Crippen molar-refractivity contribution in [3.63, 3.8) is 0 Å². The van der Waals surface area contributed by atoms with Gasteiger partial charge in [-0.05, 0) is 36.1 Å². The summed E-state index contributed by atoms with van der Waals surface area (Å²) >= 11 is 0. The van der Waals surface area contributed by atoms with Gasteiger partial charge < -0.3 is 10.1 Å². The predicted octanol–water partition coefficient (Wildman–Crippen LogP) is 4.75. The fourth-order valence-corrected chi connectivity index (χ4v) is 3.89. The summed E-state index contributed by atoms with van der Waals surface area (Å²) in [6, 6.07) is 32.2. The Balaban J connectivity index is 1.84. The first-order valence-corrected chi connectivity index (χ1v) is 9.43. The van der Waals surface area contributed by atoms with E-state index in [1.165, 1.54) is 12.8 Å². The van der Waals surface area contributed by atoms with E-state index in [1.54, 1.807) is 0 Å².